The highest BCUT2D eigenvalue weighted by Crippen LogP contribution is 2.16. The van der Waals surface area contributed by atoms with E-state index in [2.05, 4.69) is 26.6 Å². The van der Waals surface area contributed by atoms with Crippen molar-refractivity contribution in [2.24, 2.45) is 0 Å². The monoisotopic (exact) mass is 400 g/mol. The van der Waals surface area contributed by atoms with Crippen molar-refractivity contribution in [3.05, 3.63) is 28.7 Å². The van der Waals surface area contributed by atoms with E-state index in [0.717, 1.165) is 10.9 Å². The topological polar surface area (TPSA) is 93.7 Å². The second-order valence-corrected chi connectivity index (χ2v) is 5.79. The summed E-state index contributed by atoms with van der Waals surface area (Å²) in [6.45, 7) is 2.25. The second-order valence-electron chi connectivity index (χ2n) is 4.87. The average molecular weight is 401 g/mol. The first kappa shape index (κ1) is 20.0. The molecule has 1 aromatic carbocycles. The van der Waals surface area contributed by atoms with Crippen molar-refractivity contribution in [1.29, 1.82) is 0 Å². The number of hydrogen-bond acceptors (Lipinski definition) is 5. The Morgan fingerprint density at radius 1 is 1.17 bits per heavy atom. The van der Waals surface area contributed by atoms with Crippen LogP contribution in [0.3, 0.4) is 0 Å². The Morgan fingerprint density at radius 2 is 1.88 bits per heavy atom. The van der Waals surface area contributed by atoms with E-state index in [1.165, 1.54) is 0 Å². The second kappa shape index (κ2) is 11.4. The maximum Gasteiger partial charge on any atom is 0.321 e. The summed E-state index contributed by atoms with van der Waals surface area (Å²) < 4.78 is 11.2. The Morgan fingerprint density at radius 3 is 2.54 bits per heavy atom. The van der Waals surface area contributed by atoms with Crippen LogP contribution in [0, 0.1) is 0 Å². The van der Waals surface area contributed by atoms with E-state index in [9.17, 15) is 14.4 Å². The number of benzene rings is 1. The number of carbonyl (C=O) groups is 3. The highest BCUT2D eigenvalue weighted by atomic mass is 79.9. The molecule has 0 atom stereocenters. The van der Waals surface area contributed by atoms with Gasteiger partial charge in [0.15, 0.2) is 6.61 Å². The van der Waals surface area contributed by atoms with Crippen molar-refractivity contribution in [3.8, 4) is 5.75 Å². The van der Waals surface area contributed by atoms with Gasteiger partial charge in [-0.25, -0.2) is 4.79 Å². The van der Waals surface area contributed by atoms with E-state index in [0.29, 0.717) is 25.3 Å². The van der Waals surface area contributed by atoms with Crippen molar-refractivity contribution < 1.29 is 23.9 Å². The summed E-state index contributed by atoms with van der Waals surface area (Å²) in [7, 11) is 0. The summed E-state index contributed by atoms with van der Waals surface area (Å²) in [6, 6.07) is 6.76. The van der Waals surface area contributed by atoms with Gasteiger partial charge in [-0.3, -0.25) is 14.9 Å². The molecule has 1 aromatic rings. The van der Waals surface area contributed by atoms with E-state index in [1.807, 2.05) is 31.2 Å². The van der Waals surface area contributed by atoms with Gasteiger partial charge in [-0.05, 0) is 37.1 Å². The molecule has 0 saturated carbocycles. The number of amides is 3. The van der Waals surface area contributed by atoms with Gasteiger partial charge in [0.25, 0.3) is 5.91 Å². The smallest absolute Gasteiger partial charge is 0.321 e. The van der Waals surface area contributed by atoms with E-state index in [-0.39, 0.29) is 6.42 Å². The normalized spacial score (nSPS) is 9.92. The fourth-order valence-corrected chi connectivity index (χ4v) is 1.87. The SMILES string of the molecule is CCCNC(=O)NC(=O)COC(=O)CCCOc1ccc(Br)cc1. The molecule has 2 N–H and O–H groups in total. The molecular weight excluding hydrogens is 380 g/mol. The Bertz CT molecular complexity index is 548. The van der Waals surface area contributed by atoms with Gasteiger partial charge in [-0.15, -0.1) is 0 Å². The summed E-state index contributed by atoms with van der Waals surface area (Å²) in [5.74, 6) is -0.467. The predicted octanol–water partition coefficient (Wildman–Crippen LogP) is 2.39. The van der Waals surface area contributed by atoms with Crippen LogP contribution in [-0.2, 0) is 14.3 Å². The molecule has 0 saturated heterocycles. The molecule has 0 spiro atoms. The van der Waals surface area contributed by atoms with Gasteiger partial charge in [0.2, 0.25) is 0 Å². The summed E-state index contributed by atoms with van der Waals surface area (Å²) in [4.78, 5) is 34.1. The Kier molecular flexibility index (Phi) is 9.52. The fourth-order valence-electron chi connectivity index (χ4n) is 1.60. The van der Waals surface area contributed by atoms with Gasteiger partial charge in [-0.1, -0.05) is 22.9 Å². The molecule has 0 aliphatic carbocycles. The number of esters is 1. The molecule has 3 amide bonds. The number of urea groups is 1. The summed E-state index contributed by atoms with van der Waals surface area (Å²) in [5, 5.41) is 4.55. The maximum atomic E-state index is 11.5. The lowest BCUT2D eigenvalue weighted by molar-refractivity contribution is -0.148. The van der Waals surface area contributed by atoms with Crippen molar-refractivity contribution in [3.63, 3.8) is 0 Å². The van der Waals surface area contributed by atoms with Crippen LogP contribution in [0.15, 0.2) is 28.7 Å². The lowest BCUT2D eigenvalue weighted by Crippen LogP contribution is -2.41. The zero-order chi connectivity index (χ0) is 17.8. The van der Waals surface area contributed by atoms with Gasteiger partial charge in [-0.2, -0.15) is 0 Å². The quantitative estimate of drug-likeness (QED) is 0.490. The van der Waals surface area contributed by atoms with Crippen LogP contribution < -0.4 is 15.4 Å². The lowest BCUT2D eigenvalue weighted by atomic mass is 10.3. The number of rotatable bonds is 9. The summed E-state index contributed by atoms with van der Waals surface area (Å²) >= 11 is 3.33. The number of halogens is 1. The molecule has 0 aliphatic rings. The first-order chi connectivity index (χ1) is 11.5. The number of nitrogens with one attached hydrogen (secondary N) is 2. The molecule has 0 bridgehead atoms. The Hall–Kier alpha value is -2.09. The molecule has 0 radical (unpaired) electrons. The van der Waals surface area contributed by atoms with Gasteiger partial charge >= 0.3 is 12.0 Å². The molecule has 0 heterocycles. The zero-order valence-electron chi connectivity index (χ0n) is 13.5. The van der Waals surface area contributed by atoms with E-state index in [4.69, 9.17) is 9.47 Å². The van der Waals surface area contributed by atoms with Gasteiger partial charge < -0.3 is 14.8 Å². The minimum Gasteiger partial charge on any atom is -0.494 e. The minimum absolute atomic E-state index is 0.131. The maximum absolute atomic E-state index is 11.5. The lowest BCUT2D eigenvalue weighted by Gasteiger charge is -2.07. The number of hydrogen-bond donors (Lipinski definition) is 2. The highest BCUT2D eigenvalue weighted by molar-refractivity contribution is 9.10. The number of imide groups is 1. The molecule has 0 aromatic heterocycles. The molecule has 7 nitrogen and oxygen atoms in total. The van der Waals surface area contributed by atoms with Crippen LogP contribution in [0.5, 0.6) is 5.75 Å². The van der Waals surface area contributed by atoms with Gasteiger partial charge in [0.1, 0.15) is 5.75 Å². The third-order valence-electron chi connectivity index (χ3n) is 2.76. The van der Waals surface area contributed by atoms with E-state index >= 15 is 0 Å². The molecule has 0 unspecified atom stereocenters. The van der Waals surface area contributed by atoms with Crippen LogP contribution in [0.25, 0.3) is 0 Å². The molecule has 0 aliphatic heterocycles. The van der Waals surface area contributed by atoms with E-state index in [1.54, 1.807) is 0 Å². The first-order valence-corrected chi connectivity index (χ1v) is 8.42. The van der Waals surface area contributed by atoms with Gasteiger partial charge in [0, 0.05) is 17.4 Å². The molecule has 8 heteroatoms. The van der Waals surface area contributed by atoms with Crippen LogP contribution in [0.4, 0.5) is 4.79 Å². The molecule has 0 fully saturated rings. The highest BCUT2D eigenvalue weighted by Gasteiger charge is 2.10. The number of carbonyl (C=O) groups excluding carboxylic acids is 3. The van der Waals surface area contributed by atoms with Crippen molar-refractivity contribution in [2.75, 3.05) is 19.8 Å². The fraction of sp³-hybridized carbons (Fsp3) is 0.438. The van der Waals surface area contributed by atoms with E-state index < -0.39 is 24.5 Å². The van der Waals surface area contributed by atoms with Crippen molar-refractivity contribution >= 4 is 33.8 Å². The Balaban J connectivity index is 2.10. The number of ether oxygens (including phenoxy) is 2. The van der Waals surface area contributed by atoms with Gasteiger partial charge in [0.05, 0.1) is 6.61 Å². The molecule has 24 heavy (non-hydrogen) atoms. The van der Waals surface area contributed by atoms with Crippen molar-refractivity contribution in [2.45, 2.75) is 26.2 Å². The van der Waals surface area contributed by atoms with Crippen LogP contribution in [0.2, 0.25) is 0 Å². The van der Waals surface area contributed by atoms with Crippen LogP contribution in [0.1, 0.15) is 26.2 Å². The Labute approximate surface area is 149 Å². The van der Waals surface area contributed by atoms with Crippen molar-refractivity contribution in [1.82, 2.24) is 10.6 Å². The van der Waals surface area contributed by atoms with Crippen LogP contribution in [-0.4, -0.2) is 37.7 Å². The van der Waals surface area contributed by atoms with Crippen LogP contribution >= 0.6 is 15.9 Å². The molecule has 1 rings (SSSR count). The summed E-state index contributed by atoms with van der Waals surface area (Å²) in [6.07, 6.45) is 1.36. The molecular formula is C16H21BrN2O5. The minimum atomic E-state index is -0.664. The average Bonchev–Trinajstić information content (AvgIpc) is 2.56. The standard InChI is InChI=1S/C16H21BrN2O5/c1-2-9-18-16(22)19-14(20)11-24-15(21)4-3-10-23-13-7-5-12(17)6-8-13/h5-8H,2-4,9-11H2,1H3,(H2,18,19,20,22). The predicted molar refractivity (Wildman–Crippen MR) is 91.7 cm³/mol. The first-order valence-electron chi connectivity index (χ1n) is 7.63. The molecule has 132 valence electrons. The third-order valence-corrected chi connectivity index (χ3v) is 3.29. The summed E-state index contributed by atoms with van der Waals surface area (Å²) in [5.41, 5.74) is 0. The third kappa shape index (κ3) is 9.14. The largest absolute Gasteiger partial charge is 0.494 e. The zero-order valence-corrected chi connectivity index (χ0v) is 15.1.